The van der Waals surface area contributed by atoms with Gasteiger partial charge < -0.3 is 5.32 Å². The van der Waals surface area contributed by atoms with Gasteiger partial charge in [-0.15, -0.1) is 0 Å². The molecule has 3 heteroatoms. The van der Waals surface area contributed by atoms with Gasteiger partial charge in [-0.2, -0.15) is 5.26 Å². The van der Waals surface area contributed by atoms with Gasteiger partial charge in [0.25, 0.3) is 0 Å². The normalized spacial score (nSPS) is 19.8. The number of nitriles is 1. The molecule has 0 saturated carbocycles. The first-order chi connectivity index (χ1) is 6.29. The summed E-state index contributed by atoms with van der Waals surface area (Å²) in [6.07, 6.45) is 0.829. The number of rotatable bonds is 0. The molecule has 1 aromatic carbocycles. The van der Waals surface area contributed by atoms with Crippen LogP contribution in [0, 0.1) is 17.2 Å². The molecule has 0 radical (unpaired) electrons. The number of nitrogens with one attached hydrogen (secondary N) is 1. The number of halogens is 1. The van der Waals surface area contributed by atoms with Gasteiger partial charge in [-0.3, -0.25) is 0 Å². The summed E-state index contributed by atoms with van der Waals surface area (Å²) in [6.45, 7) is 0.726. The molecule has 1 N–H and O–H groups in total. The molecule has 0 saturated heterocycles. The van der Waals surface area contributed by atoms with Crippen LogP contribution in [0.4, 0.5) is 5.69 Å². The highest BCUT2D eigenvalue weighted by atomic mass is 35.5. The monoisotopic (exact) mass is 192 g/mol. The van der Waals surface area contributed by atoms with Gasteiger partial charge in [0.05, 0.1) is 12.0 Å². The Morgan fingerprint density at radius 3 is 3.15 bits per heavy atom. The number of anilines is 1. The molecule has 1 aromatic rings. The lowest BCUT2D eigenvalue weighted by atomic mass is 9.95. The van der Waals surface area contributed by atoms with E-state index in [2.05, 4.69) is 11.4 Å². The predicted molar refractivity (Wildman–Crippen MR) is 52.7 cm³/mol. The third-order valence-electron chi connectivity index (χ3n) is 2.26. The summed E-state index contributed by atoms with van der Waals surface area (Å²) in [5.74, 6) is 0.0914. The first kappa shape index (κ1) is 8.40. The maximum atomic E-state index is 8.76. The number of nitrogens with zero attached hydrogens (tertiary/aromatic N) is 1. The minimum Gasteiger partial charge on any atom is -0.383 e. The van der Waals surface area contributed by atoms with E-state index in [9.17, 15) is 0 Å². The summed E-state index contributed by atoms with van der Waals surface area (Å²) in [4.78, 5) is 0. The zero-order valence-electron chi connectivity index (χ0n) is 7.05. The first-order valence-electron chi connectivity index (χ1n) is 4.21. The lowest BCUT2D eigenvalue weighted by Crippen LogP contribution is -2.21. The van der Waals surface area contributed by atoms with E-state index < -0.39 is 0 Å². The fourth-order valence-corrected chi connectivity index (χ4v) is 1.73. The summed E-state index contributed by atoms with van der Waals surface area (Å²) in [5.41, 5.74) is 2.25. The van der Waals surface area contributed by atoms with E-state index in [1.165, 1.54) is 5.56 Å². The minimum atomic E-state index is 0.0914. The Bertz CT molecular complexity index is 368. The first-order valence-corrected chi connectivity index (χ1v) is 4.59. The molecule has 1 heterocycles. The molecule has 2 rings (SSSR count). The molecule has 1 atom stereocenters. The molecular formula is C10H9ClN2. The van der Waals surface area contributed by atoms with Crippen molar-refractivity contribution in [2.45, 2.75) is 6.42 Å². The van der Waals surface area contributed by atoms with Crippen LogP contribution in [0.1, 0.15) is 5.56 Å². The van der Waals surface area contributed by atoms with Crippen molar-refractivity contribution in [3.8, 4) is 6.07 Å². The number of hydrogen-bond acceptors (Lipinski definition) is 2. The molecule has 0 bridgehead atoms. The van der Waals surface area contributed by atoms with Crippen molar-refractivity contribution in [1.29, 1.82) is 5.26 Å². The van der Waals surface area contributed by atoms with Crippen LogP contribution in [0.2, 0.25) is 5.02 Å². The molecule has 1 aliphatic heterocycles. The average Bonchev–Trinajstić information content (AvgIpc) is 2.17. The van der Waals surface area contributed by atoms with Gasteiger partial charge in [-0.1, -0.05) is 17.7 Å². The zero-order valence-corrected chi connectivity index (χ0v) is 7.80. The van der Waals surface area contributed by atoms with E-state index in [0.717, 1.165) is 23.7 Å². The lowest BCUT2D eigenvalue weighted by molar-refractivity contribution is 0.674. The summed E-state index contributed by atoms with van der Waals surface area (Å²) >= 11 is 5.84. The molecule has 0 amide bonds. The molecule has 0 aliphatic carbocycles. The molecule has 1 aliphatic rings. The fourth-order valence-electron chi connectivity index (χ4n) is 1.55. The largest absolute Gasteiger partial charge is 0.383 e. The van der Waals surface area contributed by atoms with E-state index in [1.54, 1.807) is 0 Å². The topological polar surface area (TPSA) is 35.8 Å². The molecule has 66 valence electrons. The summed E-state index contributed by atoms with van der Waals surface area (Å²) in [6, 6.07) is 8.01. The van der Waals surface area contributed by atoms with Crippen LogP contribution in [0.25, 0.3) is 0 Å². The molecular weight excluding hydrogens is 184 g/mol. The Morgan fingerprint density at radius 2 is 2.38 bits per heavy atom. The van der Waals surface area contributed by atoms with Crippen molar-refractivity contribution in [2.24, 2.45) is 5.92 Å². The smallest absolute Gasteiger partial charge is 0.0677 e. The third-order valence-corrected chi connectivity index (χ3v) is 2.49. The van der Waals surface area contributed by atoms with Crippen LogP contribution < -0.4 is 5.32 Å². The lowest BCUT2D eigenvalue weighted by Gasteiger charge is -2.21. The summed E-state index contributed by atoms with van der Waals surface area (Å²) < 4.78 is 0. The molecule has 13 heavy (non-hydrogen) atoms. The predicted octanol–water partition coefficient (Wildman–Crippen LogP) is 2.45. The van der Waals surface area contributed by atoms with Gasteiger partial charge in [-0.05, 0) is 24.1 Å². The Hall–Kier alpha value is -1.20. The average molecular weight is 193 g/mol. The quantitative estimate of drug-likeness (QED) is 0.686. The molecule has 0 fully saturated rings. The Kier molecular flexibility index (Phi) is 2.12. The molecule has 1 unspecified atom stereocenters. The second-order valence-corrected chi connectivity index (χ2v) is 3.65. The third kappa shape index (κ3) is 1.61. The van der Waals surface area contributed by atoms with Crippen LogP contribution >= 0.6 is 11.6 Å². The Morgan fingerprint density at radius 1 is 1.54 bits per heavy atom. The van der Waals surface area contributed by atoms with Crippen LogP contribution in [-0.2, 0) is 6.42 Å². The van der Waals surface area contributed by atoms with Crippen molar-refractivity contribution in [1.82, 2.24) is 0 Å². The second kappa shape index (κ2) is 3.27. The Balaban J connectivity index is 2.32. The van der Waals surface area contributed by atoms with Crippen LogP contribution in [0.3, 0.4) is 0 Å². The van der Waals surface area contributed by atoms with Gasteiger partial charge >= 0.3 is 0 Å². The van der Waals surface area contributed by atoms with E-state index >= 15 is 0 Å². The van der Waals surface area contributed by atoms with Crippen molar-refractivity contribution < 1.29 is 0 Å². The van der Waals surface area contributed by atoms with Crippen molar-refractivity contribution in [3.63, 3.8) is 0 Å². The molecule has 2 nitrogen and oxygen atoms in total. The van der Waals surface area contributed by atoms with E-state index in [-0.39, 0.29) is 5.92 Å². The highest BCUT2D eigenvalue weighted by Gasteiger charge is 2.17. The van der Waals surface area contributed by atoms with Crippen LogP contribution in [0.15, 0.2) is 18.2 Å². The highest BCUT2D eigenvalue weighted by Crippen LogP contribution is 2.27. The van der Waals surface area contributed by atoms with E-state index in [4.69, 9.17) is 16.9 Å². The SMILES string of the molecule is N#CC1CNc2cc(Cl)ccc2C1. The zero-order chi connectivity index (χ0) is 9.26. The van der Waals surface area contributed by atoms with Crippen molar-refractivity contribution in [2.75, 3.05) is 11.9 Å². The van der Waals surface area contributed by atoms with Crippen molar-refractivity contribution in [3.05, 3.63) is 28.8 Å². The van der Waals surface area contributed by atoms with Gasteiger partial charge in [0.1, 0.15) is 0 Å². The molecule has 0 aromatic heterocycles. The second-order valence-electron chi connectivity index (χ2n) is 3.21. The van der Waals surface area contributed by atoms with E-state index in [0.29, 0.717) is 0 Å². The number of benzene rings is 1. The van der Waals surface area contributed by atoms with Crippen molar-refractivity contribution >= 4 is 17.3 Å². The number of hydrogen-bond donors (Lipinski definition) is 1. The van der Waals surface area contributed by atoms with Gasteiger partial charge in [0, 0.05) is 17.3 Å². The van der Waals surface area contributed by atoms with Gasteiger partial charge in [-0.25, -0.2) is 0 Å². The van der Waals surface area contributed by atoms with E-state index in [1.807, 2.05) is 18.2 Å². The van der Waals surface area contributed by atoms with Crippen LogP contribution in [-0.4, -0.2) is 6.54 Å². The Labute approximate surface area is 82.1 Å². The standard InChI is InChI=1S/C10H9ClN2/c11-9-2-1-8-3-7(5-12)6-13-10(8)4-9/h1-2,4,7,13H,3,6H2. The minimum absolute atomic E-state index is 0.0914. The van der Waals surface area contributed by atoms with Crippen LogP contribution in [0.5, 0.6) is 0 Å². The maximum absolute atomic E-state index is 8.76. The summed E-state index contributed by atoms with van der Waals surface area (Å²) in [5, 5.41) is 12.7. The summed E-state index contributed by atoms with van der Waals surface area (Å²) in [7, 11) is 0. The fraction of sp³-hybridized carbons (Fsp3) is 0.300. The number of fused-ring (bicyclic) bond motifs is 1. The van der Waals surface area contributed by atoms with Gasteiger partial charge in [0.15, 0.2) is 0 Å². The van der Waals surface area contributed by atoms with Gasteiger partial charge in [0.2, 0.25) is 0 Å². The maximum Gasteiger partial charge on any atom is 0.0677 e. The molecule has 0 spiro atoms. The highest BCUT2D eigenvalue weighted by molar-refractivity contribution is 6.30.